The molecule has 82 valence electrons. The van der Waals surface area contributed by atoms with E-state index in [9.17, 15) is 8.78 Å². The van der Waals surface area contributed by atoms with Crippen LogP contribution >= 0.6 is 0 Å². The van der Waals surface area contributed by atoms with Gasteiger partial charge in [0.05, 0.1) is 0 Å². The van der Waals surface area contributed by atoms with E-state index in [1.165, 1.54) is 0 Å². The number of halogens is 2. The molecule has 0 unspecified atom stereocenters. The van der Waals surface area contributed by atoms with E-state index >= 15 is 0 Å². The summed E-state index contributed by atoms with van der Waals surface area (Å²) in [4.78, 5) is 3.66. The maximum atomic E-state index is 13.3. The summed E-state index contributed by atoms with van der Waals surface area (Å²) in [5.41, 5.74) is 5.15. The topological polar surface area (TPSA) is 50.9 Å². The molecule has 0 amide bonds. The van der Waals surface area contributed by atoms with Crippen LogP contribution in [0.1, 0.15) is 26.2 Å². The first kappa shape index (κ1) is 10.1. The highest BCUT2D eigenvalue weighted by molar-refractivity contribution is 5.46. The minimum absolute atomic E-state index is 0.0381. The number of hydrogen-bond acceptors (Lipinski definition) is 3. The van der Waals surface area contributed by atoms with E-state index in [0.29, 0.717) is 0 Å². The Kier molecular flexibility index (Phi) is 2.25. The van der Waals surface area contributed by atoms with Gasteiger partial charge in [-0.1, -0.05) is 0 Å². The molecule has 0 radical (unpaired) electrons. The number of aromatic nitrogens is 1. The van der Waals surface area contributed by atoms with E-state index in [1.807, 2.05) is 6.92 Å². The first-order chi connectivity index (χ1) is 7.00. The summed E-state index contributed by atoms with van der Waals surface area (Å²) in [6.07, 6.45) is 3.04. The molecule has 0 bridgehead atoms. The third-order valence-corrected chi connectivity index (χ3v) is 2.83. The highest BCUT2D eigenvalue weighted by Crippen LogP contribution is 2.35. The van der Waals surface area contributed by atoms with Crippen molar-refractivity contribution in [1.82, 2.24) is 4.98 Å². The molecule has 0 atom stereocenters. The number of nitrogen functional groups attached to an aromatic ring is 1. The second kappa shape index (κ2) is 3.32. The van der Waals surface area contributed by atoms with Crippen LogP contribution < -0.4 is 11.1 Å². The van der Waals surface area contributed by atoms with E-state index in [0.717, 1.165) is 25.3 Å². The molecule has 1 saturated carbocycles. The molecule has 0 saturated heterocycles. The largest absolute Gasteiger partial charge is 0.381 e. The lowest BCUT2D eigenvalue weighted by molar-refractivity contribution is 0.304. The number of nitrogens with two attached hydrogens (primary N) is 1. The fraction of sp³-hybridized carbons (Fsp3) is 0.500. The molecule has 1 aliphatic carbocycles. The van der Waals surface area contributed by atoms with Gasteiger partial charge in [0.25, 0.3) is 0 Å². The Morgan fingerprint density at radius 2 is 2.07 bits per heavy atom. The van der Waals surface area contributed by atoms with E-state index in [2.05, 4.69) is 10.3 Å². The van der Waals surface area contributed by atoms with Crippen molar-refractivity contribution in [3.8, 4) is 0 Å². The summed E-state index contributed by atoms with van der Waals surface area (Å²) in [5.74, 6) is -1.76. The molecule has 3 nitrogen and oxygen atoms in total. The van der Waals surface area contributed by atoms with Crippen LogP contribution in [0.25, 0.3) is 0 Å². The lowest BCUT2D eigenvalue weighted by Crippen LogP contribution is -2.42. The minimum atomic E-state index is -0.822. The predicted octanol–water partition coefficient (Wildman–Crippen LogP) is 2.30. The van der Waals surface area contributed by atoms with Gasteiger partial charge in [0.15, 0.2) is 23.3 Å². The Balaban J connectivity index is 2.24. The van der Waals surface area contributed by atoms with Crippen molar-refractivity contribution in [2.24, 2.45) is 0 Å². The summed E-state index contributed by atoms with van der Waals surface area (Å²) >= 11 is 0. The highest BCUT2D eigenvalue weighted by atomic mass is 19.1. The molecular weight excluding hydrogens is 200 g/mol. The van der Waals surface area contributed by atoms with Crippen LogP contribution in [-0.2, 0) is 0 Å². The molecule has 0 aliphatic heterocycles. The van der Waals surface area contributed by atoms with Gasteiger partial charge in [-0.25, -0.2) is 13.8 Å². The second-order valence-electron chi connectivity index (χ2n) is 4.23. The zero-order valence-corrected chi connectivity index (χ0v) is 8.48. The molecule has 1 fully saturated rings. The van der Waals surface area contributed by atoms with Crippen molar-refractivity contribution in [3.63, 3.8) is 0 Å². The molecule has 15 heavy (non-hydrogen) atoms. The Hall–Kier alpha value is -1.39. The quantitative estimate of drug-likeness (QED) is 0.792. The standard InChI is InChI=1S/C10H13F2N3/c1-10(3-2-4-10)15-9-7(12)5-6(11)8(13)14-9/h5H,2-4H2,1H3,(H3,13,14,15). The van der Waals surface area contributed by atoms with Gasteiger partial charge in [-0.05, 0) is 26.2 Å². The van der Waals surface area contributed by atoms with Gasteiger partial charge in [0.2, 0.25) is 0 Å². The normalized spacial score (nSPS) is 18.3. The Bertz CT molecular complexity index is 388. The van der Waals surface area contributed by atoms with E-state index < -0.39 is 11.6 Å². The van der Waals surface area contributed by atoms with Crippen LogP contribution in [0.3, 0.4) is 0 Å². The zero-order valence-electron chi connectivity index (χ0n) is 8.48. The fourth-order valence-electron chi connectivity index (χ4n) is 1.69. The second-order valence-corrected chi connectivity index (χ2v) is 4.23. The smallest absolute Gasteiger partial charge is 0.168 e. The van der Waals surface area contributed by atoms with Crippen LogP contribution in [-0.4, -0.2) is 10.5 Å². The molecule has 1 aliphatic rings. The van der Waals surface area contributed by atoms with Crippen LogP contribution in [0.15, 0.2) is 6.07 Å². The first-order valence-electron chi connectivity index (χ1n) is 4.90. The van der Waals surface area contributed by atoms with Crippen molar-refractivity contribution >= 4 is 11.6 Å². The minimum Gasteiger partial charge on any atom is -0.381 e. The van der Waals surface area contributed by atoms with Gasteiger partial charge in [-0.2, -0.15) is 0 Å². The van der Waals surface area contributed by atoms with Gasteiger partial charge in [-0.3, -0.25) is 0 Å². The summed E-state index contributed by atoms with van der Waals surface area (Å²) < 4.78 is 26.1. The van der Waals surface area contributed by atoms with E-state index in [4.69, 9.17) is 5.73 Å². The van der Waals surface area contributed by atoms with Crippen molar-refractivity contribution in [1.29, 1.82) is 0 Å². The Morgan fingerprint density at radius 3 is 2.60 bits per heavy atom. The van der Waals surface area contributed by atoms with Gasteiger partial charge in [0.1, 0.15) is 0 Å². The van der Waals surface area contributed by atoms with Crippen LogP contribution in [0.4, 0.5) is 20.4 Å². The molecular formula is C10H13F2N3. The number of anilines is 2. The van der Waals surface area contributed by atoms with Gasteiger partial charge >= 0.3 is 0 Å². The van der Waals surface area contributed by atoms with Gasteiger partial charge < -0.3 is 11.1 Å². The lowest BCUT2D eigenvalue weighted by atomic mass is 9.78. The molecule has 1 aromatic heterocycles. The maximum absolute atomic E-state index is 13.3. The van der Waals surface area contributed by atoms with Crippen LogP contribution in [0.2, 0.25) is 0 Å². The molecule has 5 heteroatoms. The van der Waals surface area contributed by atoms with Crippen molar-refractivity contribution in [2.45, 2.75) is 31.7 Å². The van der Waals surface area contributed by atoms with Crippen molar-refractivity contribution < 1.29 is 8.78 Å². The third-order valence-electron chi connectivity index (χ3n) is 2.83. The molecule has 0 aromatic carbocycles. The molecule has 2 rings (SSSR count). The number of pyridine rings is 1. The molecule has 0 spiro atoms. The number of rotatable bonds is 2. The Morgan fingerprint density at radius 1 is 1.40 bits per heavy atom. The molecule has 1 heterocycles. The average molecular weight is 213 g/mol. The monoisotopic (exact) mass is 213 g/mol. The average Bonchev–Trinajstić information content (AvgIpc) is 2.11. The van der Waals surface area contributed by atoms with Crippen molar-refractivity contribution in [2.75, 3.05) is 11.1 Å². The van der Waals surface area contributed by atoms with Crippen LogP contribution in [0.5, 0.6) is 0 Å². The third kappa shape index (κ3) is 1.86. The first-order valence-corrected chi connectivity index (χ1v) is 4.90. The highest BCUT2D eigenvalue weighted by Gasteiger charge is 2.32. The SMILES string of the molecule is CC1(Nc2nc(N)c(F)cc2F)CCC1. The Labute approximate surface area is 86.7 Å². The summed E-state index contributed by atoms with van der Waals surface area (Å²) in [5, 5.41) is 2.96. The summed E-state index contributed by atoms with van der Waals surface area (Å²) in [6, 6.07) is 0.757. The predicted molar refractivity (Wildman–Crippen MR) is 54.4 cm³/mol. The molecule has 1 aromatic rings. The van der Waals surface area contributed by atoms with E-state index in [-0.39, 0.29) is 17.2 Å². The number of nitrogens with one attached hydrogen (secondary N) is 1. The summed E-state index contributed by atoms with van der Waals surface area (Å²) in [7, 11) is 0. The van der Waals surface area contributed by atoms with E-state index in [1.54, 1.807) is 0 Å². The van der Waals surface area contributed by atoms with Gasteiger partial charge in [0, 0.05) is 11.6 Å². The van der Waals surface area contributed by atoms with Crippen LogP contribution in [0, 0.1) is 11.6 Å². The maximum Gasteiger partial charge on any atom is 0.168 e. The zero-order chi connectivity index (χ0) is 11.1. The summed E-state index contributed by atoms with van der Waals surface area (Å²) in [6.45, 7) is 1.98. The number of nitrogens with zero attached hydrogens (tertiary/aromatic N) is 1. The van der Waals surface area contributed by atoms with Crippen molar-refractivity contribution in [3.05, 3.63) is 17.7 Å². The fourth-order valence-corrected chi connectivity index (χ4v) is 1.69. The number of hydrogen-bond donors (Lipinski definition) is 2. The lowest BCUT2D eigenvalue weighted by Gasteiger charge is -2.39. The molecule has 3 N–H and O–H groups in total. The van der Waals surface area contributed by atoms with Gasteiger partial charge in [-0.15, -0.1) is 0 Å².